The molecule has 2 atom stereocenters. The summed E-state index contributed by atoms with van der Waals surface area (Å²) in [6, 6.07) is 8.10. The van der Waals surface area contributed by atoms with Crippen LogP contribution in [0.1, 0.15) is 25.0 Å². The summed E-state index contributed by atoms with van der Waals surface area (Å²) in [6.07, 6.45) is 5.28. The predicted molar refractivity (Wildman–Crippen MR) is 58.1 cm³/mol. The zero-order valence-corrected chi connectivity index (χ0v) is 8.53. The van der Waals surface area contributed by atoms with Crippen LogP contribution in [0, 0.1) is 5.92 Å². The van der Waals surface area contributed by atoms with Crippen LogP contribution in [0.15, 0.2) is 30.3 Å². The second-order valence-corrected chi connectivity index (χ2v) is 4.14. The molecule has 72 valence electrons. The lowest BCUT2D eigenvalue weighted by Gasteiger charge is -2.33. The molecule has 1 aliphatic rings. The summed E-state index contributed by atoms with van der Waals surface area (Å²) < 4.78 is 0. The lowest BCUT2D eigenvalue weighted by atomic mass is 9.69. The van der Waals surface area contributed by atoms with Crippen LogP contribution >= 0.6 is 0 Å². The summed E-state index contributed by atoms with van der Waals surface area (Å²) >= 11 is 0. The normalized spacial score (nSPS) is 29.7. The molecule has 1 heteroatoms. The summed E-state index contributed by atoms with van der Waals surface area (Å²) in [4.78, 5) is 11.2. The van der Waals surface area contributed by atoms with Gasteiger partial charge < -0.3 is 4.79 Å². The molecule has 14 heavy (non-hydrogen) atoms. The van der Waals surface area contributed by atoms with E-state index < -0.39 is 0 Å². The molecule has 2 unspecified atom stereocenters. The minimum absolute atomic E-state index is 0.273. The van der Waals surface area contributed by atoms with Crippen LogP contribution in [-0.4, -0.2) is 6.29 Å². The van der Waals surface area contributed by atoms with Gasteiger partial charge in [-0.05, 0) is 24.0 Å². The molecule has 0 saturated carbocycles. The van der Waals surface area contributed by atoms with Crippen molar-refractivity contribution in [3.05, 3.63) is 41.5 Å². The predicted octanol–water partition coefficient (Wildman–Crippen LogP) is 2.81. The van der Waals surface area contributed by atoms with Gasteiger partial charge >= 0.3 is 0 Å². The number of rotatable bonds is 1. The first-order valence-electron chi connectivity index (χ1n) is 4.92. The molecule has 0 radical (unpaired) electrons. The Labute approximate surface area is 84.5 Å². The zero-order valence-electron chi connectivity index (χ0n) is 8.53. The van der Waals surface area contributed by atoms with Crippen molar-refractivity contribution in [3.8, 4) is 0 Å². The molecule has 2 rings (SSSR count). The van der Waals surface area contributed by atoms with E-state index in [0.717, 1.165) is 11.8 Å². The summed E-state index contributed by atoms with van der Waals surface area (Å²) in [7, 11) is 0. The van der Waals surface area contributed by atoms with Crippen molar-refractivity contribution in [1.29, 1.82) is 0 Å². The van der Waals surface area contributed by atoms with Gasteiger partial charge in [0.1, 0.15) is 6.29 Å². The Morgan fingerprint density at radius 1 is 1.36 bits per heavy atom. The summed E-state index contributed by atoms with van der Waals surface area (Å²) in [6.45, 7) is 4.09. The van der Waals surface area contributed by atoms with Crippen molar-refractivity contribution < 1.29 is 4.79 Å². The molecule has 0 N–H and O–H groups in total. The molecular formula is C13H14O. The molecule has 0 amide bonds. The SMILES string of the molecule is CC1C=Cc2ccccc2C1(C)C=O. The molecule has 0 aliphatic heterocycles. The highest BCUT2D eigenvalue weighted by atomic mass is 16.1. The topological polar surface area (TPSA) is 17.1 Å². The highest BCUT2D eigenvalue weighted by Gasteiger charge is 2.34. The molecule has 0 aromatic heterocycles. The molecule has 1 aromatic carbocycles. The van der Waals surface area contributed by atoms with Crippen LogP contribution in [-0.2, 0) is 10.2 Å². The zero-order chi connectivity index (χ0) is 10.2. The Bertz CT molecular complexity index is 392. The van der Waals surface area contributed by atoms with Crippen molar-refractivity contribution in [3.63, 3.8) is 0 Å². The number of fused-ring (bicyclic) bond motifs is 1. The Kier molecular flexibility index (Phi) is 2.03. The van der Waals surface area contributed by atoms with Crippen molar-refractivity contribution in [2.24, 2.45) is 5.92 Å². The molecular weight excluding hydrogens is 172 g/mol. The molecule has 1 nitrogen and oxygen atoms in total. The van der Waals surface area contributed by atoms with E-state index in [1.54, 1.807) is 0 Å². The molecule has 0 spiro atoms. The van der Waals surface area contributed by atoms with Crippen molar-refractivity contribution in [1.82, 2.24) is 0 Å². The average Bonchev–Trinajstić information content (AvgIpc) is 2.24. The van der Waals surface area contributed by atoms with Crippen molar-refractivity contribution in [2.75, 3.05) is 0 Å². The monoisotopic (exact) mass is 186 g/mol. The molecule has 0 heterocycles. The average molecular weight is 186 g/mol. The Morgan fingerprint density at radius 2 is 2.07 bits per heavy atom. The fraction of sp³-hybridized carbons (Fsp3) is 0.308. The van der Waals surface area contributed by atoms with Crippen LogP contribution in [0.25, 0.3) is 6.08 Å². The molecule has 1 aromatic rings. The van der Waals surface area contributed by atoms with Crippen LogP contribution in [0.3, 0.4) is 0 Å². The number of aldehydes is 1. The van der Waals surface area contributed by atoms with Gasteiger partial charge in [-0.1, -0.05) is 43.3 Å². The van der Waals surface area contributed by atoms with Crippen molar-refractivity contribution in [2.45, 2.75) is 19.3 Å². The smallest absolute Gasteiger partial charge is 0.130 e. The Hall–Kier alpha value is -1.37. The second kappa shape index (κ2) is 3.09. The first-order valence-corrected chi connectivity index (χ1v) is 4.92. The van der Waals surface area contributed by atoms with E-state index in [1.165, 1.54) is 5.56 Å². The van der Waals surface area contributed by atoms with Gasteiger partial charge in [0.15, 0.2) is 0 Å². The third-order valence-corrected chi connectivity index (χ3v) is 3.30. The van der Waals surface area contributed by atoms with Gasteiger partial charge in [0.25, 0.3) is 0 Å². The van der Waals surface area contributed by atoms with Crippen LogP contribution < -0.4 is 0 Å². The lowest BCUT2D eigenvalue weighted by Crippen LogP contribution is -2.33. The highest BCUT2D eigenvalue weighted by Crippen LogP contribution is 2.37. The second-order valence-electron chi connectivity index (χ2n) is 4.14. The van der Waals surface area contributed by atoms with E-state index >= 15 is 0 Å². The fourth-order valence-electron chi connectivity index (χ4n) is 2.00. The third kappa shape index (κ3) is 1.12. The summed E-state index contributed by atoms with van der Waals surface area (Å²) in [5.41, 5.74) is 1.95. The Morgan fingerprint density at radius 3 is 2.79 bits per heavy atom. The molecule has 0 fully saturated rings. The minimum atomic E-state index is -0.356. The molecule has 0 saturated heterocycles. The minimum Gasteiger partial charge on any atom is -0.302 e. The fourth-order valence-corrected chi connectivity index (χ4v) is 2.00. The molecule has 0 bridgehead atoms. The van der Waals surface area contributed by atoms with Gasteiger partial charge in [0.2, 0.25) is 0 Å². The third-order valence-electron chi connectivity index (χ3n) is 3.30. The van der Waals surface area contributed by atoms with Crippen LogP contribution in [0.2, 0.25) is 0 Å². The quantitative estimate of drug-likeness (QED) is 0.616. The largest absolute Gasteiger partial charge is 0.302 e. The van der Waals surface area contributed by atoms with Gasteiger partial charge in [-0.25, -0.2) is 0 Å². The Balaban J connectivity index is 2.65. The number of hydrogen-bond donors (Lipinski definition) is 0. The van der Waals surface area contributed by atoms with E-state index in [0.29, 0.717) is 0 Å². The highest BCUT2D eigenvalue weighted by molar-refractivity contribution is 5.75. The lowest BCUT2D eigenvalue weighted by molar-refractivity contribution is -0.113. The van der Waals surface area contributed by atoms with Gasteiger partial charge in [0, 0.05) is 0 Å². The number of benzene rings is 1. The van der Waals surface area contributed by atoms with E-state index in [9.17, 15) is 4.79 Å². The maximum absolute atomic E-state index is 11.2. The standard InChI is InChI=1S/C13H14O/c1-10-7-8-11-5-3-4-6-12(11)13(10,2)9-14/h3-10H,1-2H3. The number of hydrogen-bond acceptors (Lipinski definition) is 1. The molecule has 1 aliphatic carbocycles. The van der Waals surface area contributed by atoms with E-state index in [1.807, 2.05) is 25.1 Å². The maximum atomic E-state index is 11.2. The number of allylic oxidation sites excluding steroid dienone is 1. The van der Waals surface area contributed by atoms with Gasteiger partial charge in [0.05, 0.1) is 5.41 Å². The summed E-state index contributed by atoms with van der Waals surface area (Å²) in [5, 5.41) is 0. The van der Waals surface area contributed by atoms with E-state index in [-0.39, 0.29) is 11.3 Å². The van der Waals surface area contributed by atoms with Crippen LogP contribution in [0.4, 0.5) is 0 Å². The van der Waals surface area contributed by atoms with Gasteiger partial charge in [-0.3, -0.25) is 0 Å². The van der Waals surface area contributed by atoms with E-state index in [4.69, 9.17) is 0 Å². The summed E-state index contributed by atoms with van der Waals surface area (Å²) in [5.74, 6) is 0.273. The van der Waals surface area contributed by atoms with Crippen LogP contribution in [0.5, 0.6) is 0 Å². The van der Waals surface area contributed by atoms with E-state index in [2.05, 4.69) is 25.1 Å². The van der Waals surface area contributed by atoms with Crippen molar-refractivity contribution >= 4 is 12.4 Å². The first-order chi connectivity index (χ1) is 6.68. The maximum Gasteiger partial charge on any atom is 0.130 e. The van der Waals surface area contributed by atoms with Gasteiger partial charge in [-0.15, -0.1) is 0 Å². The number of carbonyl (C=O) groups is 1. The van der Waals surface area contributed by atoms with Gasteiger partial charge in [-0.2, -0.15) is 0 Å². The first kappa shape index (κ1) is 9.20. The number of carbonyl (C=O) groups excluding carboxylic acids is 1.